The number of anilines is 1. The maximum absolute atomic E-state index is 12.1. The van der Waals surface area contributed by atoms with E-state index in [2.05, 4.69) is 17.4 Å². The quantitative estimate of drug-likeness (QED) is 0.758. The average molecular weight is 374 g/mol. The van der Waals surface area contributed by atoms with Crippen molar-refractivity contribution < 1.29 is 17.9 Å². The lowest BCUT2D eigenvalue weighted by atomic mass is 9.64. The van der Waals surface area contributed by atoms with Crippen LogP contribution in [0.3, 0.4) is 0 Å². The van der Waals surface area contributed by atoms with E-state index in [9.17, 15) is 13.2 Å². The van der Waals surface area contributed by atoms with E-state index in [1.54, 1.807) is 6.07 Å². The lowest BCUT2D eigenvalue weighted by Gasteiger charge is -2.43. The van der Waals surface area contributed by atoms with E-state index >= 15 is 0 Å². The molecule has 2 aromatic carbocycles. The Morgan fingerprint density at radius 2 is 1.88 bits per heavy atom. The first-order valence-corrected chi connectivity index (χ1v) is 9.95. The zero-order valence-corrected chi connectivity index (χ0v) is 15.4. The fourth-order valence-corrected chi connectivity index (χ4v) is 3.90. The number of rotatable bonds is 6. The predicted octanol–water partition coefficient (Wildman–Crippen LogP) is 2.65. The maximum atomic E-state index is 12.1. The van der Waals surface area contributed by atoms with Crippen LogP contribution in [0.15, 0.2) is 53.4 Å². The van der Waals surface area contributed by atoms with Crippen LogP contribution in [0.4, 0.5) is 5.69 Å². The topological polar surface area (TPSA) is 98.5 Å². The molecule has 0 bridgehead atoms. The van der Waals surface area contributed by atoms with Gasteiger partial charge in [0.15, 0.2) is 0 Å². The number of ether oxygens (including phenoxy) is 1. The van der Waals surface area contributed by atoms with E-state index in [1.165, 1.54) is 24.8 Å². The number of nitrogens with two attached hydrogens (primary N) is 1. The van der Waals surface area contributed by atoms with Crippen molar-refractivity contribution in [3.05, 3.63) is 59.7 Å². The van der Waals surface area contributed by atoms with Crippen molar-refractivity contribution in [2.75, 3.05) is 19.0 Å². The van der Waals surface area contributed by atoms with Gasteiger partial charge in [0.25, 0.3) is 0 Å². The molecule has 1 saturated carbocycles. The van der Waals surface area contributed by atoms with Gasteiger partial charge in [-0.1, -0.05) is 36.8 Å². The second-order valence-corrected chi connectivity index (χ2v) is 8.16. The number of esters is 1. The zero-order chi connectivity index (χ0) is 18.8. The van der Waals surface area contributed by atoms with Gasteiger partial charge < -0.3 is 10.1 Å². The van der Waals surface area contributed by atoms with Crippen LogP contribution in [-0.4, -0.2) is 28.0 Å². The molecule has 3 N–H and O–H groups in total. The molecular weight excluding hydrogens is 352 g/mol. The molecular formula is C19H22N2O4S. The Kier molecular flexibility index (Phi) is 5.02. The van der Waals surface area contributed by atoms with Crippen molar-refractivity contribution in [1.29, 1.82) is 0 Å². The molecule has 0 amide bonds. The Morgan fingerprint density at radius 1 is 1.19 bits per heavy atom. The van der Waals surface area contributed by atoms with Gasteiger partial charge in [-0.15, -0.1) is 0 Å². The van der Waals surface area contributed by atoms with Gasteiger partial charge in [0.05, 0.1) is 17.6 Å². The van der Waals surface area contributed by atoms with Crippen molar-refractivity contribution in [3.63, 3.8) is 0 Å². The SMILES string of the molecule is COC(=O)c1cc(S(N)(=O)=O)ccc1NCC1(c2ccccc2)CCC1. The van der Waals surface area contributed by atoms with Gasteiger partial charge in [-0.2, -0.15) is 0 Å². The highest BCUT2D eigenvalue weighted by Gasteiger charge is 2.38. The predicted molar refractivity (Wildman–Crippen MR) is 99.6 cm³/mol. The van der Waals surface area contributed by atoms with Crippen molar-refractivity contribution in [3.8, 4) is 0 Å². The summed E-state index contributed by atoms with van der Waals surface area (Å²) < 4.78 is 27.9. The molecule has 0 heterocycles. The second-order valence-electron chi connectivity index (χ2n) is 6.60. The molecule has 6 nitrogen and oxygen atoms in total. The number of sulfonamides is 1. The Balaban J connectivity index is 1.88. The van der Waals surface area contributed by atoms with E-state index in [0.29, 0.717) is 12.2 Å². The normalized spacial score (nSPS) is 15.8. The summed E-state index contributed by atoms with van der Waals surface area (Å²) in [6.07, 6.45) is 3.28. The molecule has 1 fully saturated rings. The third-order valence-electron chi connectivity index (χ3n) is 5.04. The number of nitrogens with one attached hydrogen (secondary N) is 1. The van der Waals surface area contributed by atoms with Gasteiger partial charge in [0.1, 0.15) is 0 Å². The number of hydrogen-bond donors (Lipinski definition) is 2. The molecule has 7 heteroatoms. The minimum Gasteiger partial charge on any atom is -0.465 e. The van der Waals surface area contributed by atoms with Crippen molar-refractivity contribution in [1.82, 2.24) is 0 Å². The van der Waals surface area contributed by atoms with Gasteiger partial charge in [-0.05, 0) is 36.6 Å². The highest BCUT2D eigenvalue weighted by molar-refractivity contribution is 7.89. The summed E-state index contributed by atoms with van der Waals surface area (Å²) in [5.41, 5.74) is 1.97. The molecule has 2 aromatic rings. The summed E-state index contributed by atoms with van der Waals surface area (Å²) in [7, 11) is -2.64. The van der Waals surface area contributed by atoms with Crippen LogP contribution in [0, 0.1) is 0 Å². The second kappa shape index (κ2) is 7.09. The molecule has 0 atom stereocenters. The summed E-state index contributed by atoms with van der Waals surface area (Å²) in [6, 6.07) is 14.5. The van der Waals surface area contributed by atoms with Crippen LogP contribution >= 0.6 is 0 Å². The van der Waals surface area contributed by atoms with Crippen molar-refractivity contribution in [2.45, 2.75) is 29.6 Å². The van der Waals surface area contributed by atoms with Crippen LogP contribution in [0.5, 0.6) is 0 Å². The summed E-state index contributed by atoms with van der Waals surface area (Å²) in [4.78, 5) is 12.0. The molecule has 0 aliphatic heterocycles. The first-order valence-electron chi connectivity index (χ1n) is 8.40. The number of benzene rings is 2. The van der Waals surface area contributed by atoms with Gasteiger partial charge >= 0.3 is 5.97 Å². The molecule has 0 radical (unpaired) electrons. The van der Waals surface area contributed by atoms with Crippen molar-refractivity contribution in [2.24, 2.45) is 5.14 Å². The molecule has 0 aromatic heterocycles. The van der Waals surface area contributed by atoms with Gasteiger partial charge in [-0.3, -0.25) is 0 Å². The largest absolute Gasteiger partial charge is 0.465 e. The van der Waals surface area contributed by atoms with Crippen molar-refractivity contribution >= 4 is 21.7 Å². The first-order chi connectivity index (χ1) is 12.4. The molecule has 1 aliphatic rings. The highest BCUT2D eigenvalue weighted by atomic mass is 32.2. The Bertz CT molecular complexity index is 906. The van der Waals surface area contributed by atoms with Gasteiger partial charge in [-0.25, -0.2) is 18.4 Å². The van der Waals surface area contributed by atoms with E-state index in [1.807, 2.05) is 18.2 Å². The molecule has 138 valence electrons. The fourth-order valence-electron chi connectivity index (χ4n) is 3.36. The minimum absolute atomic E-state index is 0.0211. The number of methoxy groups -OCH3 is 1. The summed E-state index contributed by atoms with van der Waals surface area (Å²) >= 11 is 0. The Labute approximate surface area is 153 Å². The Hall–Kier alpha value is -2.38. The van der Waals surface area contributed by atoms with Gasteiger partial charge in [0.2, 0.25) is 10.0 Å². The Morgan fingerprint density at radius 3 is 2.42 bits per heavy atom. The van der Waals surface area contributed by atoms with E-state index in [0.717, 1.165) is 19.3 Å². The van der Waals surface area contributed by atoms with Crippen LogP contribution in [0.25, 0.3) is 0 Å². The number of hydrogen-bond acceptors (Lipinski definition) is 5. The summed E-state index contributed by atoms with van der Waals surface area (Å²) in [5.74, 6) is -0.611. The van der Waals surface area contributed by atoms with Crippen LogP contribution in [0.1, 0.15) is 35.2 Å². The lowest BCUT2D eigenvalue weighted by Crippen LogP contribution is -2.41. The van der Waals surface area contributed by atoms with E-state index < -0.39 is 16.0 Å². The molecule has 0 saturated heterocycles. The van der Waals surface area contributed by atoms with E-state index in [-0.39, 0.29) is 15.9 Å². The average Bonchev–Trinajstić information content (AvgIpc) is 2.60. The lowest BCUT2D eigenvalue weighted by molar-refractivity contribution is 0.0601. The summed E-state index contributed by atoms with van der Waals surface area (Å²) in [6.45, 7) is 0.649. The number of primary sulfonamides is 1. The number of carbonyl (C=O) groups excluding carboxylic acids is 1. The standard InChI is InChI=1S/C19H22N2O4S/c1-25-18(22)16-12-15(26(20,23)24)8-9-17(16)21-13-19(10-5-11-19)14-6-3-2-4-7-14/h2-4,6-9,12,21H,5,10-11,13H2,1H3,(H2,20,23,24). The fraction of sp³-hybridized carbons (Fsp3) is 0.316. The van der Waals surface area contributed by atoms with E-state index in [4.69, 9.17) is 9.88 Å². The van der Waals surface area contributed by atoms with Gasteiger partial charge in [0, 0.05) is 17.6 Å². The van der Waals surface area contributed by atoms with Crippen LogP contribution in [0.2, 0.25) is 0 Å². The highest BCUT2D eigenvalue weighted by Crippen LogP contribution is 2.43. The van der Waals surface area contributed by atoms with Crippen LogP contribution < -0.4 is 10.5 Å². The molecule has 0 unspecified atom stereocenters. The third-order valence-corrected chi connectivity index (χ3v) is 5.95. The molecule has 26 heavy (non-hydrogen) atoms. The molecule has 1 aliphatic carbocycles. The zero-order valence-electron chi connectivity index (χ0n) is 14.6. The van der Waals surface area contributed by atoms with Crippen LogP contribution in [-0.2, 0) is 20.2 Å². The minimum atomic E-state index is -3.90. The molecule has 0 spiro atoms. The summed E-state index contributed by atoms with van der Waals surface area (Å²) in [5, 5.41) is 8.48. The maximum Gasteiger partial charge on any atom is 0.340 e. The smallest absolute Gasteiger partial charge is 0.340 e. The molecule has 3 rings (SSSR count). The first kappa shape index (κ1) is 18.4. The monoisotopic (exact) mass is 374 g/mol. The third kappa shape index (κ3) is 3.59. The number of carbonyl (C=O) groups is 1.